The average Bonchev–Trinajstić information content (AvgIpc) is 2.46. The Kier molecular flexibility index (Phi) is 4.89. The normalized spacial score (nSPS) is 12.1. The van der Waals surface area contributed by atoms with Crippen molar-refractivity contribution in [3.63, 3.8) is 0 Å². The van der Waals surface area contributed by atoms with E-state index in [1.54, 1.807) is 31.4 Å². The molecule has 0 aliphatic heterocycles. The Morgan fingerprint density at radius 3 is 2.05 bits per heavy atom. The van der Waals surface area contributed by atoms with Crippen LogP contribution in [0, 0.1) is 5.82 Å². The maximum Gasteiger partial charge on any atom is 0.131 e. The zero-order chi connectivity index (χ0) is 14.7. The second kappa shape index (κ2) is 6.46. The molecule has 0 aliphatic rings. The molecule has 1 unspecified atom stereocenters. The van der Waals surface area contributed by atoms with Gasteiger partial charge in [0.25, 0.3) is 0 Å². The summed E-state index contributed by atoms with van der Waals surface area (Å²) in [7, 11) is 3.07. The predicted molar refractivity (Wildman–Crippen MR) is 81.7 cm³/mol. The number of benzene rings is 2. The van der Waals surface area contributed by atoms with E-state index in [1.165, 1.54) is 13.2 Å². The first-order chi connectivity index (χ1) is 9.56. The molecule has 0 saturated carbocycles. The Hall–Kier alpha value is -1.26. The van der Waals surface area contributed by atoms with Gasteiger partial charge in [-0.1, -0.05) is 39.7 Å². The third-order valence-corrected chi connectivity index (χ3v) is 4.28. The Morgan fingerprint density at radius 2 is 1.55 bits per heavy atom. The van der Waals surface area contributed by atoms with Crippen LogP contribution < -0.4 is 9.47 Å². The monoisotopic (exact) mass is 358 g/mol. The zero-order valence-electron chi connectivity index (χ0n) is 11.0. The standard InChI is InChI=1S/C15H13BrClFO2/c1-19-9-3-5-11(13(17)7-9)15(16)12-6-4-10(20-2)8-14(12)18/h3-8,15H,1-2H3. The third kappa shape index (κ3) is 3.07. The van der Waals surface area contributed by atoms with E-state index in [9.17, 15) is 4.39 Å². The first-order valence-corrected chi connectivity index (χ1v) is 7.17. The molecule has 2 aromatic rings. The molecule has 0 saturated heterocycles. The van der Waals surface area contributed by atoms with Crippen molar-refractivity contribution >= 4 is 27.5 Å². The van der Waals surface area contributed by atoms with Crippen molar-refractivity contribution in [2.24, 2.45) is 0 Å². The lowest BCUT2D eigenvalue weighted by Crippen LogP contribution is -1.98. The second-order valence-corrected chi connectivity index (χ2v) is 5.46. The molecule has 1 atom stereocenters. The minimum atomic E-state index is -0.349. The quantitative estimate of drug-likeness (QED) is 0.717. The predicted octanol–water partition coefficient (Wildman–Crippen LogP) is 4.98. The fourth-order valence-electron chi connectivity index (χ4n) is 1.85. The van der Waals surface area contributed by atoms with Gasteiger partial charge in [0.15, 0.2) is 0 Å². The number of halogens is 3. The molecule has 106 valence electrons. The molecule has 0 N–H and O–H groups in total. The minimum absolute atomic E-state index is 0.341. The van der Waals surface area contributed by atoms with Crippen LogP contribution in [-0.4, -0.2) is 14.2 Å². The average molecular weight is 360 g/mol. The lowest BCUT2D eigenvalue weighted by molar-refractivity contribution is 0.411. The highest BCUT2D eigenvalue weighted by atomic mass is 79.9. The molecule has 0 aliphatic carbocycles. The van der Waals surface area contributed by atoms with Gasteiger partial charge in [-0.15, -0.1) is 0 Å². The topological polar surface area (TPSA) is 18.5 Å². The summed E-state index contributed by atoms with van der Waals surface area (Å²) in [6.07, 6.45) is 0. The Balaban J connectivity index is 2.38. The van der Waals surface area contributed by atoms with E-state index in [-0.39, 0.29) is 10.6 Å². The second-order valence-electron chi connectivity index (χ2n) is 4.14. The summed E-state index contributed by atoms with van der Waals surface area (Å²) in [6, 6.07) is 10.0. The highest BCUT2D eigenvalue weighted by Gasteiger charge is 2.18. The molecule has 5 heteroatoms. The fourth-order valence-corrected chi connectivity index (χ4v) is 3.03. The van der Waals surface area contributed by atoms with Gasteiger partial charge in [0.2, 0.25) is 0 Å². The van der Waals surface area contributed by atoms with Crippen LogP contribution in [0.1, 0.15) is 16.0 Å². The number of hydrogen-bond donors (Lipinski definition) is 0. The number of hydrogen-bond acceptors (Lipinski definition) is 2. The molecule has 0 spiro atoms. The van der Waals surface area contributed by atoms with Gasteiger partial charge >= 0.3 is 0 Å². The number of methoxy groups -OCH3 is 2. The van der Waals surface area contributed by atoms with Gasteiger partial charge in [0.05, 0.1) is 19.0 Å². The maximum atomic E-state index is 14.1. The van der Waals surface area contributed by atoms with Crippen molar-refractivity contribution in [2.75, 3.05) is 14.2 Å². The summed E-state index contributed by atoms with van der Waals surface area (Å²) in [5.41, 5.74) is 1.27. The van der Waals surface area contributed by atoms with Crippen LogP contribution in [0.15, 0.2) is 36.4 Å². The van der Waals surface area contributed by atoms with Crippen LogP contribution in [-0.2, 0) is 0 Å². The van der Waals surface area contributed by atoms with Crippen molar-refractivity contribution in [3.8, 4) is 11.5 Å². The van der Waals surface area contributed by atoms with E-state index in [1.807, 2.05) is 6.07 Å². The molecule has 2 aromatic carbocycles. The molecule has 20 heavy (non-hydrogen) atoms. The van der Waals surface area contributed by atoms with Crippen molar-refractivity contribution in [3.05, 3.63) is 58.4 Å². The van der Waals surface area contributed by atoms with Crippen LogP contribution >= 0.6 is 27.5 Å². The number of rotatable bonds is 4. The smallest absolute Gasteiger partial charge is 0.131 e. The summed E-state index contributed by atoms with van der Waals surface area (Å²) in [6.45, 7) is 0. The van der Waals surface area contributed by atoms with E-state index < -0.39 is 0 Å². The summed E-state index contributed by atoms with van der Waals surface area (Å²) in [5.74, 6) is 0.790. The zero-order valence-corrected chi connectivity index (χ0v) is 13.3. The van der Waals surface area contributed by atoms with Crippen LogP contribution in [0.25, 0.3) is 0 Å². The molecular formula is C15H13BrClFO2. The van der Waals surface area contributed by atoms with E-state index >= 15 is 0 Å². The van der Waals surface area contributed by atoms with Crippen molar-refractivity contribution in [1.29, 1.82) is 0 Å². The Bertz CT molecular complexity index is 565. The molecule has 2 rings (SSSR count). The minimum Gasteiger partial charge on any atom is -0.497 e. The molecule has 0 bridgehead atoms. The van der Waals surface area contributed by atoms with Crippen molar-refractivity contribution < 1.29 is 13.9 Å². The van der Waals surface area contributed by atoms with Gasteiger partial charge in [0, 0.05) is 16.7 Å². The van der Waals surface area contributed by atoms with Crippen LogP contribution in [0.2, 0.25) is 5.02 Å². The van der Waals surface area contributed by atoms with Crippen LogP contribution in [0.3, 0.4) is 0 Å². The summed E-state index contributed by atoms with van der Waals surface area (Å²) < 4.78 is 24.2. The molecule has 0 amide bonds. The summed E-state index contributed by atoms with van der Waals surface area (Å²) >= 11 is 9.69. The summed E-state index contributed by atoms with van der Waals surface area (Å²) in [5, 5.41) is 0.515. The fraction of sp³-hybridized carbons (Fsp3) is 0.200. The first-order valence-electron chi connectivity index (χ1n) is 5.87. The van der Waals surface area contributed by atoms with Gasteiger partial charge in [-0.05, 0) is 23.8 Å². The van der Waals surface area contributed by atoms with Crippen molar-refractivity contribution in [1.82, 2.24) is 0 Å². The Morgan fingerprint density at radius 1 is 1.00 bits per heavy atom. The maximum absolute atomic E-state index is 14.1. The van der Waals surface area contributed by atoms with Crippen LogP contribution in [0.4, 0.5) is 4.39 Å². The third-order valence-electron chi connectivity index (χ3n) is 2.96. The number of ether oxygens (including phenoxy) is 2. The van der Waals surface area contributed by atoms with Gasteiger partial charge < -0.3 is 9.47 Å². The van der Waals surface area contributed by atoms with Crippen molar-refractivity contribution in [2.45, 2.75) is 4.83 Å². The molecule has 0 heterocycles. The Labute approximate surface area is 130 Å². The number of alkyl halides is 1. The van der Waals surface area contributed by atoms with E-state index in [2.05, 4.69) is 15.9 Å². The lowest BCUT2D eigenvalue weighted by atomic mass is 10.0. The van der Waals surface area contributed by atoms with Gasteiger partial charge in [-0.2, -0.15) is 0 Å². The molecule has 0 aromatic heterocycles. The largest absolute Gasteiger partial charge is 0.497 e. The van der Waals surface area contributed by atoms with Gasteiger partial charge in [0.1, 0.15) is 17.3 Å². The highest BCUT2D eigenvalue weighted by Crippen LogP contribution is 2.38. The van der Waals surface area contributed by atoms with E-state index in [0.717, 1.165) is 5.56 Å². The van der Waals surface area contributed by atoms with Crippen LogP contribution in [0.5, 0.6) is 11.5 Å². The summed E-state index contributed by atoms with van der Waals surface area (Å²) in [4.78, 5) is -0.341. The molecular weight excluding hydrogens is 347 g/mol. The van der Waals surface area contributed by atoms with Gasteiger partial charge in [-0.3, -0.25) is 0 Å². The first kappa shape index (κ1) is 15.1. The molecule has 0 radical (unpaired) electrons. The molecule has 2 nitrogen and oxygen atoms in total. The van der Waals surface area contributed by atoms with E-state index in [0.29, 0.717) is 22.1 Å². The van der Waals surface area contributed by atoms with E-state index in [4.69, 9.17) is 21.1 Å². The highest BCUT2D eigenvalue weighted by molar-refractivity contribution is 9.09. The molecule has 0 fully saturated rings. The lowest BCUT2D eigenvalue weighted by Gasteiger charge is -2.15. The SMILES string of the molecule is COc1ccc(C(Br)c2ccc(OC)cc2Cl)c(F)c1. The van der Waals surface area contributed by atoms with Gasteiger partial charge in [-0.25, -0.2) is 4.39 Å².